The number of nitrogens with one attached hydrogen (secondary N) is 1. The molecule has 12 heteroatoms. The predicted octanol–water partition coefficient (Wildman–Crippen LogP) is 7.79. The highest BCUT2D eigenvalue weighted by Gasteiger charge is 2.47. The minimum atomic E-state index is -0.469. The Balaban J connectivity index is 1.18. The van der Waals surface area contributed by atoms with Crippen LogP contribution in [-0.4, -0.2) is 73.4 Å². The van der Waals surface area contributed by atoms with Gasteiger partial charge in [0.1, 0.15) is 17.4 Å². The second-order valence-electron chi connectivity index (χ2n) is 12.7. The summed E-state index contributed by atoms with van der Waals surface area (Å²) in [6.45, 7) is 10.2. The van der Waals surface area contributed by atoms with Gasteiger partial charge in [-0.25, -0.2) is 4.79 Å². The van der Waals surface area contributed by atoms with Crippen LogP contribution in [0.3, 0.4) is 0 Å². The molecule has 0 saturated carbocycles. The predicted molar refractivity (Wildman–Crippen MR) is 180 cm³/mol. The van der Waals surface area contributed by atoms with Gasteiger partial charge in [-0.3, -0.25) is 4.98 Å². The fourth-order valence-electron chi connectivity index (χ4n) is 5.82. The third-order valence-corrected chi connectivity index (χ3v) is 8.91. The quantitative estimate of drug-likeness (QED) is 0.229. The summed E-state index contributed by atoms with van der Waals surface area (Å²) in [4.78, 5) is 21.1. The van der Waals surface area contributed by atoms with Crippen LogP contribution in [-0.2, 0) is 4.74 Å². The molecule has 2 aliphatic rings. The maximum Gasteiger partial charge on any atom is 0.410 e. The molecular formula is C34H39Cl2N5O5. The van der Waals surface area contributed by atoms with Crippen molar-refractivity contribution < 1.29 is 23.7 Å². The third kappa shape index (κ3) is 7.55. The number of halogens is 2. The minimum absolute atomic E-state index is 0.211. The van der Waals surface area contributed by atoms with E-state index in [1.165, 1.54) is 13.3 Å². The van der Waals surface area contributed by atoms with Gasteiger partial charge < -0.3 is 34.1 Å². The van der Waals surface area contributed by atoms with Crippen molar-refractivity contribution in [2.24, 2.45) is 5.41 Å². The monoisotopic (exact) mass is 667 g/mol. The highest BCUT2D eigenvalue weighted by atomic mass is 35.5. The lowest BCUT2D eigenvalue weighted by atomic mass is 9.72. The van der Waals surface area contributed by atoms with E-state index >= 15 is 0 Å². The van der Waals surface area contributed by atoms with Gasteiger partial charge in [0.25, 0.3) is 0 Å². The van der Waals surface area contributed by atoms with Crippen molar-refractivity contribution in [1.29, 1.82) is 5.26 Å². The Morgan fingerprint density at radius 1 is 1.07 bits per heavy atom. The maximum absolute atomic E-state index is 12.3. The number of piperidine rings is 1. The number of anilines is 2. The number of carbonyl (C=O) groups is 1. The molecule has 5 rings (SSSR count). The molecule has 1 N–H and O–H groups in total. The second kappa shape index (κ2) is 13.8. The van der Waals surface area contributed by atoms with Gasteiger partial charge in [-0.2, -0.15) is 5.26 Å². The van der Waals surface area contributed by atoms with E-state index in [1.54, 1.807) is 37.6 Å². The van der Waals surface area contributed by atoms with Gasteiger partial charge in [-0.15, -0.1) is 0 Å². The molecule has 3 aromatic rings. The van der Waals surface area contributed by atoms with Crippen molar-refractivity contribution in [1.82, 2.24) is 14.8 Å². The largest absolute Gasteiger partial charge is 0.495 e. The van der Waals surface area contributed by atoms with Crippen LogP contribution >= 0.6 is 23.2 Å². The summed E-state index contributed by atoms with van der Waals surface area (Å²) in [6.07, 6.45) is 7.94. The Labute approximate surface area is 279 Å². The fraction of sp³-hybridized carbons (Fsp3) is 0.441. The maximum atomic E-state index is 12.3. The molecule has 1 aromatic heterocycles. The summed E-state index contributed by atoms with van der Waals surface area (Å²) in [6, 6.07) is 9.00. The molecular weight excluding hydrogens is 629 g/mol. The lowest BCUT2D eigenvalue weighted by Crippen LogP contribution is -2.62. The first-order chi connectivity index (χ1) is 21.9. The zero-order valence-electron chi connectivity index (χ0n) is 26.8. The number of pyridine rings is 1. The zero-order valence-corrected chi connectivity index (χ0v) is 28.3. The lowest BCUT2D eigenvalue weighted by Gasteiger charge is -2.53. The number of nitriles is 1. The molecule has 0 aliphatic carbocycles. The first kappa shape index (κ1) is 33.5. The molecule has 1 spiro atoms. The molecule has 0 atom stereocenters. The van der Waals surface area contributed by atoms with E-state index in [-0.39, 0.29) is 11.5 Å². The number of aromatic nitrogens is 1. The van der Waals surface area contributed by atoms with Gasteiger partial charge in [0.2, 0.25) is 0 Å². The molecule has 10 nitrogen and oxygen atoms in total. The topological polar surface area (TPSA) is 109 Å². The van der Waals surface area contributed by atoms with Gasteiger partial charge in [-0.05, 0) is 71.3 Å². The molecule has 2 saturated heterocycles. The standard InChI is InChI=1S/C34H39Cl2N5O5/c1-33(2,3)46-32(42)41-20-34(21-41)8-11-40(12-9-34)10-6-7-13-45-30-16-26-23(14-29(30)44-5)31(22(18-37)19-38-26)39-27-17-28(43-4)25(36)15-24(27)35/h7,13-17,19H,6,8-12,20-21H2,1-5H3,(H,38,39)/b13-7+. The molecule has 2 aromatic carbocycles. The van der Waals surface area contributed by atoms with Crippen LogP contribution in [0.25, 0.3) is 10.9 Å². The van der Waals surface area contributed by atoms with E-state index in [4.69, 9.17) is 42.1 Å². The summed E-state index contributed by atoms with van der Waals surface area (Å²) < 4.78 is 22.5. The lowest BCUT2D eigenvalue weighted by molar-refractivity contribution is -0.0590. The first-order valence-electron chi connectivity index (χ1n) is 15.2. The van der Waals surface area contributed by atoms with Crippen LogP contribution in [0.2, 0.25) is 10.0 Å². The molecule has 244 valence electrons. The fourth-order valence-corrected chi connectivity index (χ4v) is 6.33. The number of ether oxygens (including phenoxy) is 4. The van der Waals surface area contributed by atoms with Crippen LogP contribution in [0.1, 0.15) is 45.6 Å². The number of likely N-dealkylation sites (tertiary alicyclic amines) is 2. The van der Waals surface area contributed by atoms with E-state index < -0.39 is 5.60 Å². The van der Waals surface area contributed by atoms with Crippen LogP contribution < -0.4 is 19.5 Å². The van der Waals surface area contributed by atoms with E-state index in [9.17, 15) is 10.1 Å². The van der Waals surface area contributed by atoms with E-state index in [0.29, 0.717) is 55.1 Å². The summed E-state index contributed by atoms with van der Waals surface area (Å²) in [5.41, 5.74) is 1.73. The van der Waals surface area contributed by atoms with Gasteiger partial charge in [0.15, 0.2) is 11.5 Å². The number of carbonyl (C=O) groups excluding carboxylic acids is 1. The number of hydrogen-bond donors (Lipinski definition) is 1. The van der Waals surface area contributed by atoms with Crippen molar-refractivity contribution in [3.05, 3.63) is 58.4 Å². The Morgan fingerprint density at radius 3 is 2.43 bits per heavy atom. The summed E-state index contributed by atoms with van der Waals surface area (Å²) >= 11 is 12.7. The van der Waals surface area contributed by atoms with Gasteiger partial charge in [-0.1, -0.05) is 23.2 Å². The summed E-state index contributed by atoms with van der Waals surface area (Å²) in [5.74, 6) is 1.43. The molecule has 46 heavy (non-hydrogen) atoms. The van der Waals surface area contributed by atoms with Crippen molar-refractivity contribution in [3.8, 4) is 23.3 Å². The Bertz CT molecular complexity index is 1670. The van der Waals surface area contributed by atoms with Crippen molar-refractivity contribution in [2.45, 2.75) is 45.6 Å². The Morgan fingerprint density at radius 2 is 1.78 bits per heavy atom. The van der Waals surface area contributed by atoms with Crippen LogP contribution in [0, 0.1) is 16.7 Å². The van der Waals surface area contributed by atoms with E-state index in [2.05, 4.69) is 21.3 Å². The molecule has 0 bridgehead atoms. The first-order valence-corrected chi connectivity index (χ1v) is 15.9. The van der Waals surface area contributed by atoms with E-state index in [0.717, 1.165) is 52.0 Å². The molecule has 0 unspecified atom stereocenters. The smallest absolute Gasteiger partial charge is 0.410 e. The van der Waals surface area contributed by atoms with Crippen molar-refractivity contribution >= 4 is 51.6 Å². The molecule has 3 heterocycles. The number of nitrogens with zero attached hydrogens (tertiary/aromatic N) is 4. The Hall–Kier alpha value is -3.91. The summed E-state index contributed by atoms with van der Waals surface area (Å²) in [7, 11) is 3.08. The second-order valence-corrected chi connectivity index (χ2v) is 13.5. The molecule has 1 amide bonds. The van der Waals surface area contributed by atoms with Gasteiger partial charge >= 0.3 is 6.09 Å². The Kier molecular flexibility index (Phi) is 10.1. The number of benzene rings is 2. The average Bonchev–Trinajstić information content (AvgIpc) is 3.00. The van der Waals surface area contributed by atoms with Gasteiger partial charge in [0, 0.05) is 48.8 Å². The average molecular weight is 669 g/mol. The van der Waals surface area contributed by atoms with Crippen LogP contribution in [0.4, 0.5) is 16.2 Å². The van der Waals surface area contributed by atoms with Crippen molar-refractivity contribution in [3.63, 3.8) is 0 Å². The minimum Gasteiger partial charge on any atom is -0.495 e. The van der Waals surface area contributed by atoms with Crippen molar-refractivity contribution in [2.75, 3.05) is 52.3 Å². The number of amides is 1. The molecule has 2 fully saturated rings. The highest BCUT2D eigenvalue weighted by Crippen LogP contribution is 2.42. The molecule has 2 aliphatic heterocycles. The molecule has 0 radical (unpaired) electrons. The van der Waals surface area contributed by atoms with Crippen LogP contribution in [0.15, 0.2) is 42.8 Å². The highest BCUT2D eigenvalue weighted by molar-refractivity contribution is 6.37. The normalized spacial score (nSPS) is 16.3. The number of rotatable bonds is 9. The SMILES string of the molecule is COc1cc(Nc2c(C#N)cnc3cc(O/C=C/CCN4CCC5(CC4)CN(C(=O)OC(C)(C)C)C5)c(OC)cc23)c(Cl)cc1Cl. The van der Waals surface area contributed by atoms with Gasteiger partial charge in [0.05, 0.1) is 53.0 Å². The number of methoxy groups -OCH3 is 2. The van der Waals surface area contributed by atoms with Crippen LogP contribution in [0.5, 0.6) is 17.2 Å². The number of fused-ring (bicyclic) bond motifs is 1. The van der Waals surface area contributed by atoms with E-state index in [1.807, 2.05) is 31.7 Å². The zero-order chi connectivity index (χ0) is 33.1. The third-order valence-electron chi connectivity index (χ3n) is 8.30. The summed E-state index contributed by atoms with van der Waals surface area (Å²) in [5, 5.41) is 14.5. The number of hydrogen-bond acceptors (Lipinski definition) is 9.